The van der Waals surface area contributed by atoms with Crippen LogP contribution in [0.2, 0.25) is 0 Å². The number of aromatic nitrogens is 2. The van der Waals surface area contributed by atoms with E-state index in [1.165, 1.54) is 6.33 Å². The molecular formula is C14H17N5O2. The predicted octanol–water partition coefficient (Wildman–Crippen LogP) is 2.02. The van der Waals surface area contributed by atoms with E-state index < -0.39 is 0 Å². The monoisotopic (exact) mass is 287 g/mol. The van der Waals surface area contributed by atoms with E-state index in [-0.39, 0.29) is 5.97 Å². The lowest BCUT2D eigenvalue weighted by atomic mass is 10.2. The second kappa shape index (κ2) is 6.56. The molecule has 0 fully saturated rings. The summed E-state index contributed by atoms with van der Waals surface area (Å²) in [4.78, 5) is 19.8. The fourth-order valence-electron chi connectivity index (χ4n) is 1.77. The van der Waals surface area contributed by atoms with Gasteiger partial charge in [-0.1, -0.05) is 6.07 Å². The van der Waals surface area contributed by atoms with Crippen LogP contribution >= 0.6 is 0 Å². The molecule has 21 heavy (non-hydrogen) atoms. The van der Waals surface area contributed by atoms with Gasteiger partial charge in [-0.05, 0) is 25.1 Å². The number of anilines is 4. The molecule has 0 radical (unpaired) electrons. The Kier molecular flexibility index (Phi) is 4.55. The lowest BCUT2D eigenvalue weighted by Crippen LogP contribution is -2.07. The van der Waals surface area contributed by atoms with Gasteiger partial charge in [0.1, 0.15) is 12.0 Å². The van der Waals surface area contributed by atoms with Crippen molar-refractivity contribution in [1.82, 2.24) is 9.97 Å². The van der Waals surface area contributed by atoms with E-state index in [0.29, 0.717) is 35.2 Å². The molecule has 2 aromatic rings. The molecule has 0 spiro atoms. The number of ether oxygens (including phenoxy) is 1. The number of rotatable bonds is 5. The van der Waals surface area contributed by atoms with Gasteiger partial charge < -0.3 is 21.1 Å². The molecule has 1 heterocycles. The number of carbonyl (C=O) groups is 1. The van der Waals surface area contributed by atoms with Crippen LogP contribution in [0.25, 0.3) is 0 Å². The quantitative estimate of drug-likeness (QED) is 0.723. The Morgan fingerprint density at radius 2 is 2.10 bits per heavy atom. The minimum atomic E-state index is -0.368. The Labute approximate surface area is 122 Å². The number of carbonyl (C=O) groups excluding carboxylic acids is 1. The fraction of sp³-hybridized carbons (Fsp3) is 0.214. The topological polar surface area (TPSA) is 102 Å². The average molecular weight is 287 g/mol. The Bertz CT molecular complexity index is 645. The minimum absolute atomic E-state index is 0.334. The number of hydrogen-bond donors (Lipinski definition) is 3. The first kappa shape index (κ1) is 14.6. The lowest BCUT2D eigenvalue weighted by molar-refractivity contribution is 0.0526. The van der Waals surface area contributed by atoms with Gasteiger partial charge in [0.2, 0.25) is 0 Å². The van der Waals surface area contributed by atoms with Gasteiger partial charge in [-0.3, -0.25) is 0 Å². The van der Waals surface area contributed by atoms with Crippen molar-refractivity contribution in [2.75, 3.05) is 30.0 Å². The molecule has 0 saturated carbocycles. The standard InChI is InChI=1S/C14H17N5O2/c1-3-21-14(20)9-5-4-6-10(7-9)19-13-11(15)12(16-2)17-8-18-13/h4-8H,3,15H2,1-2H3,(H2,16,17,18,19). The normalized spacial score (nSPS) is 10.0. The first-order valence-corrected chi connectivity index (χ1v) is 6.48. The maximum atomic E-state index is 11.7. The molecule has 1 aromatic heterocycles. The molecule has 0 unspecified atom stereocenters. The van der Waals surface area contributed by atoms with Crippen molar-refractivity contribution in [2.45, 2.75) is 6.92 Å². The van der Waals surface area contributed by atoms with Gasteiger partial charge in [0.25, 0.3) is 0 Å². The van der Waals surface area contributed by atoms with E-state index in [4.69, 9.17) is 10.5 Å². The fourth-order valence-corrected chi connectivity index (χ4v) is 1.77. The summed E-state index contributed by atoms with van der Waals surface area (Å²) in [6.07, 6.45) is 1.40. The number of benzene rings is 1. The van der Waals surface area contributed by atoms with E-state index in [2.05, 4.69) is 20.6 Å². The second-order valence-electron chi connectivity index (χ2n) is 4.16. The highest BCUT2D eigenvalue weighted by Crippen LogP contribution is 2.25. The zero-order chi connectivity index (χ0) is 15.2. The third kappa shape index (κ3) is 3.38. The summed E-state index contributed by atoms with van der Waals surface area (Å²) in [5.41, 5.74) is 7.50. The molecule has 2 rings (SSSR count). The Morgan fingerprint density at radius 3 is 2.81 bits per heavy atom. The summed E-state index contributed by atoms with van der Waals surface area (Å²) in [7, 11) is 1.73. The molecule has 0 aliphatic rings. The van der Waals surface area contributed by atoms with Crippen LogP contribution in [-0.4, -0.2) is 29.6 Å². The minimum Gasteiger partial charge on any atom is -0.462 e. The predicted molar refractivity (Wildman–Crippen MR) is 81.7 cm³/mol. The highest BCUT2D eigenvalue weighted by atomic mass is 16.5. The molecule has 0 aliphatic carbocycles. The molecule has 0 bridgehead atoms. The van der Waals surface area contributed by atoms with Crippen LogP contribution in [-0.2, 0) is 4.74 Å². The zero-order valence-electron chi connectivity index (χ0n) is 11.9. The van der Waals surface area contributed by atoms with Crippen molar-refractivity contribution in [2.24, 2.45) is 0 Å². The van der Waals surface area contributed by atoms with Crippen molar-refractivity contribution >= 4 is 29.0 Å². The first-order valence-electron chi connectivity index (χ1n) is 6.48. The highest BCUT2D eigenvalue weighted by Gasteiger charge is 2.09. The molecule has 4 N–H and O–H groups in total. The largest absolute Gasteiger partial charge is 0.462 e. The maximum absolute atomic E-state index is 11.7. The van der Waals surface area contributed by atoms with Crippen LogP contribution in [0, 0.1) is 0 Å². The van der Waals surface area contributed by atoms with E-state index in [1.807, 2.05) is 6.07 Å². The molecule has 0 atom stereocenters. The van der Waals surface area contributed by atoms with Crippen molar-refractivity contribution in [3.8, 4) is 0 Å². The number of nitrogen functional groups attached to an aromatic ring is 1. The van der Waals surface area contributed by atoms with E-state index >= 15 is 0 Å². The van der Waals surface area contributed by atoms with E-state index in [9.17, 15) is 4.79 Å². The highest BCUT2D eigenvalue weighted by molar-refractivity contribution is 5.91. The van der Waals surface area contributed by atoms with Crippen LogP contribution in [0.1, 0.15) is 17.3 Å². The van der Waals surface area contributed by atoms with Gasteiger partial charge in [-0.2, -0.15) is 0 Å². The summed E-state index contributed by atoms with van der Waals surface area (Å²) in [6.45, 7) is 2.10. The van der Waals surface area contributed by atoms with E-state index in [1.54, 1.807) is 32.2 Å². The maximum Gasteiger partial charge on any atom is 0.338 e. The molecule has 0 amide bonds. The van der Waals surface area contributed by atoms with Crippen LogP contribution in [0.5, 0.6) is 0 Å². The van der Waals surface area contributed by atoms with Crippen LogP contribution in [0.15, 0.2) is 30.6 Å². The average Bonchev–Trinajstić information content (AvgIpc) is 2.50. The van der Waals surface area contributed by atoms with Crippen molar-refractivity contribution < 1.29 is 9.53 Å². The summed E-state index contributed by atoms with van der Waals surface area (Å²) in [5.74, 6) is 0.636. The van der Waals surface area contributed by atoms with Gasteiger partial charge >= 0.3 is 5.97 Å². The lowest BCUT2D eigenvalue weighted by Gasteiger charge is -2.11. The molecule has 110 valence electrons. The third-order valence-electron chi connectivity index (χ3n) is 2.76. The molecule has 7 nitrogen and oxygen atoms in total. The third-order valence-corrected chi connectivity index (χ3v) is 2.76. The molecule has 0 saturated heterocycles. The smallest absolute Gasteiger partial charge is 0.338 e. The number of esters is 1. The van der Waals surface area contributed by atoms with Gasteiger partial charge in [0, 0.05) is 12.7 Å². The van der Waals surface area contributed by atoms with Crippen molar-refractivity contribution in [1.29, 1.82) is 0 Å². The van der Waals surface area contributed by atoms with Crippen LogP contribution in [0.3, 0.4) is 0 Å². The second-order valence-corrected chi connectivity index (χ2v) is 4.16. The van der Waals surface area contributed by atoms with Crippen molar-refractivity contribution in [3.63, 3.8) is 0 Å². The van der Waals surface area contributed by atoms with Crippen molar-refractivity contribution in [3.05, 3.63) is 36.2 Å². The van der Waals surface area contributed by atoms with Crippen LogP contribution < -0.4 is 16.4 Å². The summed E-state index contributed by atoms with van der Waals surface area (Å²) in [6, 6.07) is 6.93. The number of nitrogens with one attached hydrogen (secondary N) is 2. The first-order chi connectivity index (χ1) is 10.2. The number of nitrogens with two attached hydrogens (primary N) is 1. The zero-order valence-corrected chi connectivity index (χ0v) is 11.9. The number of hydrogen-bond acceptors (Lipinski definition) is 7. The van der Waals surface area contributed by atoms with Gasteiger partial charge in [0.05, 0.1) is 12.2 Å². The van der Waals surface area contributed by atoms with Gasteiger partial charge in [-0.15, -0.1) is 0 Å². The number of nitrogens with zero attached hydrogens (tertiary/aromatic N) is 2. The van der Waals surface area contributed by atoms with Gasteiger partial charge in [0.15, 0.2) is 11.6 Å². The van der Waals surface area contributed by atoms with Crippen LogP contribution in [0.4, 0.5) is 23.0 Å². The molecule has 7 heteroatoms. The Hall–Kier alpha value is -2.83. The molecule has 1 aromatic carbocycles. The summed E-state index contributed by atoms with van der Waals surface area (Å²) < 4.78 is 4.97. The summed E-state index contributed by atoms with van der Waals surface area (Å²) >= 11 is 0. The van der Waals surface area contributed by atoms with Gasteiger partial charge in [-0.25, -0.2) is 14.8 Å². The van der Waals surface area contributed by atoms with E-state index in [0.717, 1.165) is 0 Å². The molecular weight excluding hydrogens is 270 g/mol. The Morgan fingerprint density at radius 1 is 1.33 bits per heavy atom. The molecule has 0 aliphatic heterocycles. The SMILES string of the molecule is CCOC(=O)c1cccc(Nc2ncnc(NC)c2N)c1. The Balaban J connectivity index is 2.24. The summed E-state index contributed by atoms with van der Waals surface area (Å²) in [5, 5.41) is 5.94.